The van der Waals surface area contributed by atoms with E-state index in [1.807, 2.05) is 54.6 Å². The zero-order chi connectivity index (χ0) is 18.9. The molecule has 1 aromatic heterocycles. The van der Waals surface area contributed by atoms with Crippen molar-refractivity contribution in [2.45, 2.75) is 12.8 Å². The summed E-state index contributed by atoms with van der Waals surface area (Å²) in [5.74, 6) is 0.687. The van der Waals surface area contributed by atoms with E-state index in [2.05, 4.69) is 4.98 Å². The molecule has 0 spiro atoms. The third-order valence-corrected chi connectivity index (χ3v) is 5.13. The van der Waals surface area contributed by atoms with E-state index < -0.39 is 11.7 Å². The van der Waals surface area contributed by atoms with E-state index in [0.29, 0.717) is 27.6 Å². The van der Waals surface area contributed by atoms with Crippen molar-refractivity contribution in [2.24, 2.45) is 0 Å². The molecule has 0 N–H and O–H groups in total. The predicted molar refractivity (Wildman–Crippen MR) is 101 cm³/mol. The summed E-state index contributed by atoms with van der Waals surface area (Å²) in [6, 6.07) is 20.9. The Bertz CT molecular complexity index is 1070. The molecular weight excluding hydrogens is 371 g/mol. The highest BCUT2D eigenvalue weighted by atomic mass is 32.1. The molecule has 0 atom stereocenters. The molecule has 0 fully saturated rings. The molecule has 0 radical (unpaired) electrons. The second-order valence-corrected chi connectivity index (χ2v) is 7.03. The Morgan fingerprint density at radius 3 is 2.48 bits per heavy atom. The first kappa shape index (κ1) is 17.5. The SMILES string of the molecule is FC(F)(F)c1ccc2sc(-c3cccc(OCc4ccccc4)c3)nc2c1. The van der Waals surface area contributed by atoms with Crippen LogP contribution in [0.4, 0.5) is 13.2 Å². The number of nitrogens with zero attached hydrogens (tertiary/aromatic N) is 1. The van der Waals surface area contributed by atoms with Gasteiger partial charge in [0.05, 0.1) is 15.8 Å². The van der Waals surface area contributed by atoms with Gasteiger partial charge in [0.25, 0.3) is 0 Å². The fraction of sp³-hybridized carbons (Fsp3) is 0.0952. The van der Waals surface area contributed by atoms with Crippen molar-refractivity contribution in [2.75, 3.05) is 0 Å². The number of hydrogen-bond donors (Lipinski definition) is 0. The number of ether oxygens (including phenoxy) is 1. The maximum Gasteiger partial charge on any atom is 0.416 e. The van der Waals surface area contributed by atoms with Crippen LogP contribution in [0, 0.1) is 0 Å². The Morgan fingerprint density at radius 1 is 0.889 bits per heavy atom. The van der Waals surface area contributed by atoms with Crippen LogP contribution in [-0.2, 0) is 12.8 Å². The van der Waals surface area contributed by atoms with E-state index in [4.69, 9.17) is 4.74 Å². The van der Waals surface area contributed by atoms with Crippen LogP contribution in [0.2, 0.25) is 0 Å². The van der Waals surface area contributed by atoms with E-state index >= 15 is 0 Å². The fourth-order valence-corrected chi connectivity index (χ4v) is 3.63. The molecule has 4 rings (SSSR count). The van der Waals surface area contributed by atoms with Gasteiger partial charge in [0.15, 0.2) is 0 Å². The Hall–Kier alpha value is -2.86. The van der Waals surface area contributed by atoms with Gasteiger partial charge in [0.1, 0.15) is 17.4 Å². The predicted octanol–water partition coefficient (Wildman–Crippen LogP) is 6.56. The molecule has 4 aromatic rings. The third-order valence-electron chi connectivity index (χ3n) is 4.04. The summed E-state index contributed by atoms with van der Waals surface area (Å²) in [5, 5.41) is 0.662. The molecule has 0 amide bonds. The Labute approximate surface area is 157 Å². The van der Waals surface area contributed by atoms with Gasteiger partial charge in [-0.05, 0) is 35.9 Å². The number of hydrogen-bond acceptors (Lipinski definition) is 3. The highest BCUT2D eigenvalue weighted by molar-refractivity contribution is 7.21. The standard InChI is InChI=1S/C21H14F3NOS/c22-21(23,24)16-9-10-19-18(12-16)25-20(27-19)15-7-4-8-17(11-15)26-13-14-5-2-1-3-6-14/h1-12H,13H2. The van der Waals surface area contributed by atoms with Crippen LogP contribution in [0.1, 0.15) is 11.1 Å². The van der Waals surface area contributed by atoms with Crippen LogP contribution in [-0.4, -0.2) is 4.98 Å². The number of thiazole rings is 1. The van der Waals surface area contributed by atoms with E-state index in [-0.39, 0.29) is 0 Å². The average molecular weight is 385 g/mol. The molecule has 0 saturated heterocycles. The van der Waals surface area contributed by atoms with E-state index in [1.54, 1.807) is 0 Å². The van der Waals surface area contributed by atoms with Gasteiger partial charge in [0, 0.05) is 5.56 Å². The van der Waals surface area contributed by atoms with Gasteiger partial charge < -0.3 is 4.74 Å². The second kappa shape index (κ2) is 7.04. The molecule has 0 aliphatic rings. The highest BCUT2D eigenvalue weighted by Gasteiger charge is 2.30. The smallest absolute Gasteiger partial charge is 0.416 e. The van der Waals surface area contributed by atoms with Gasteiger partial charge >= 0.3 is 6.18 Å². The summed E-state index contributed by atoms with van der Waals surface area (Å²) < 4.78 is 45.2. The summed E-state index contributed by atoms with van der Waals surface area (Å²) in [4.78, 5) is 4.38. The number of alkyl halides is 3. The van der Waals surface area contributed by atoms with Gasteiger partial charge in [0.2, 0.25) is 0 Å². The Morgan fingerprint density at radius 2 is 1.70 bits per heavy atom. The molecule has 0 aliphatic heterocycles. The van der Waals surface area contributed by atoms with Crippen molar-refractivity contribution >= 4 is 21.6 Å². The second-order valence-electron chi connectivity index (χ2n) is 6.00. The van der Waals surface area contributed by atoms with Crippen molar-refractivity contribution in [3.8, 4) is 16.3 Å². The normalized spacial score (nSPS) is 11.7. The molecule has 136 valence electrons. The molecular formula is C21H14F3NOS. The van der Waals surface area contributed by atoms with Gasteiger partial charge in [-0.1, -0.05) is 42.5 Å². The minimum atomic E-state index is -4.37. The zero-order valence-electron chi connectivity index (χ0n) is 14.0. The average Bonchev–Trinajstić information content (AvgIpc) is 3.10. The molecule has 0 saturated carbocycles. The first-order valence-corrected chi connectivity index (χ1v) is 9.06. The van der Waals surface area contributed by atoms with Crippen LogP contribution in [0.3, 0.4) is 0 Å². The number of aromatic nitrogens is 1. The molecule has 3 aromatic carbocycles. The summed E-state index contributed by atoms with van der Waals surface area (Å²) in [5.41, 5.74) is 1.53. The van der Waals surface area contributed by atoms with Gasteiger partial charge in [-0.25, -0.2) is 4.98 Å². The molecule has 27 heavy (non-hydrogen) atoms. The number of halogens is 3. The maximum atomic E-state index is 12.9. The van der Waals surface area contributed by atoms with Crippen LogP contribution in [0.15, 0.2) is 72.8 Å². The number of fused-ring (bicyclic) bond motifs is 1. The lowest BCUT2D eigenvalue weighted by molar-refractivity contribution is -0.137. The first-order valence-electron chi connectivity index (χ1n) is 8.24. The minimum absolute atomic E-state index is 0.348. The summed E-state index contributed by atoms with van der Waals surface area (Å²) >= 11 is 1.36. The van der Waals surface area contributed by atoms with E-state index in [0.717, 1.165) is 23.3 Å². The first-order chi connectivity index (χ1) is 13.0. The summed E-state index contributed by atoms with van der Waals surface area (Å²) in [6.45, 7) is 0.444. The molecule has 0 aliphatic carbocycles. The van der Waals surface area contributed by atoms with E-state index in [1.165, 1.54) is 17.4 Å². The monoisotopic (exact) mass is 385 g/mol. The fourth-order valence-electron chi connectivity index (χ4n) is 2.69. The molecule has 1 heterocycles. The lowest BCUT2D eigenvalue weighted by Gasteiger charge is -2.07. The lowest BCUT2D eigenvalue weighted by atomic mass is 10.2. The largest absolute Gasteiger partial charge is 0.489 e. The van der Waals surface area contributed by atoms with Crippen molar-refractivity contribution in [1.29, 1.82) is 0 Å². The zero-order valence-corrected chi connectivity index (χ0v) is 14.8. The van der Waals surface area contributed by atoms with Crippen LogP contribution < -0.4 is 4.74 Å². The quantitative estimate of drug-likeness (QED) is 0.397. The Balaban J connectivity index is 1.59. The van der Waals surface area contributed by atoms with Crippen LogP contribution in [0.5, 0.6) is 5.75 Å². The highest BCUT2D eigenvalue weighted by Crippen LogP contribution is 2.36. The Kier molecular flexibility index (Phi) is 4.58. The maximum absolute atomic E-state index is 12.9. The van der Waals surface area contributed by atoms with Crippen LogP contribution >= 0.6 is 11.3 Å². The lowest BCUT2D eigenvalue weighted by Crippen LogP contribution is -2.03. The van der Waals surface area contributed by atoms with Gasteiger partial charge in [-0.3, -0.25) is 0 Å². The minimum Gasteiger partial charge on any atom is -0.489 e. The topological polar surface area (TPSA) is 22.1 Å². The van der Waals surface area contributed by atoms with Gasteiger partial charge in [-0.2, -0.15) is 13.2 Å². The van der Waals surface area contributed by atoms with Crippen LogP contribution in [0.25, 0.3) is 20.8 Å². The van der Waals surface area contributed by atoms with E-state index in [9.17, 15) is 13.2 Å². The molecule has 2 nitrogen and oxygen atoms in total. The van der Waals surface area contributed by atoms with Crippen molar-refractivity contribution in [3.63, 3.8) is 0 Å². The molecule has 0 bridgehead atoms. The van der Waals surface area contributed by atoms with Crippen molar-refractivity contribution in [1.82, 2.24) is 4.98 Å². The summed E-state index contributed by atoms with van der Waals surface area (Å²) in [6.07, 6.45) is -4.37. The molecule has 6 heteroatoms. The van der Waals surface area contributed by atoms with Gasteiger partial charge in [-0.15, -0.1) is 11.3 Å². The van der Waals surface area contributed by atoms with Crippen molar-refractivity contribution in [3.05, 3.63) is 83.9 Å². The molecule has 0 unspecified atom stereocenters. The summed E-state index contributed by atoms with van der Waals surface area (Å²) in [7, 11) is 0. The third kappa shape index (κ3) is 3.95. The van der Waals surface area contributed by atoms with Crippen molar-refractivity contribution < 1.29 is 17.9 Å². The number of rotatable bonds is 4. The number of benzene rings is 3.